The molecule has 0 radical (unpaired) electrons. The predicted octanol–water partition coefficient (Wildman–Crippen LogP) is 1.81. The number of morpholine rings is 1. The van der Waals surface area contributed by atoms with E-state index in [0.29, 0.717) is 43.5 Å². The van der Waals surface area contributed by atoms with Crippen molar-refractivity contribution in [1.82, 2.24) is 10.1 Å². The molecule has 0 N–H and O–H groups in total. The zero-order valence-electron chi connectivity index (χ0n) is 12.9. The summed E-state index contributed by atoms with van der Waals surface area (Å²) < 4.78 is 16.4. The first-order chi connectivity index (χ1) is 10.7. The lowest BCUT2D eigenvalue weighted by Crippen LogP contribution is -2.53. The molecule has 2 fully saturated rings. The van der Waals surface area contributed by atoms with E-state index in [9.17, 15) is 4.79 Å². The number of aryl methyl sites for hydroxylation is 1. The fourth-order valence-electron chi connectivity index (χ4n) is 3.45. The number of hydrogen-bond donors (Lipinski definition) is 0. The van der Waals surface area contributed by atoms with Crippen molar-refractivity contribution in [2.75, 3.05) is 26.4 Å². The summed E-state index contributed by atoms with van der Waals surface area (Å²) in [4.78, 5) is 14.6. The molecule has 120 valence electrons. The van der Waals surface area contributed by atoms with E-state index in [2.05, 4.69) is 11.7 Å². The van der Waals surface area contributed by atoms with Crippen LogP contribution in [0.5, 0.6) is 0 Å². The Morgan fingerprint density at radius 1 is 1.59 bits per heavy atom. The van der Waals surface area contributed by atoms with Crippen molar-refractivity contribution in [3.05, 3.63) is 30.2 Å². The highest BCUT2D eigenvalue weighted by Gasteiger charge is 2.44. The predicted molar refractivity (Wildman–Crippen MR) is 79.5 cm³/mol. The Morgan fingerprint density at radius 3 is 3.18 bits per heavy atom. The third-order valence-corrected chi connectivity index (χ3v) is 4.53. The third-order valence-electron chi connectivity index (χ3n) is 4.53. The van der Waals surface area contributed by atoms with Gasteiger partial charge < -0.3 is 18.9 Å². The number of amides is 1. The highest BCUT2D eigenvalue weighted by Crippen LogP contribution is 2.35. The van der Waals surface area contributed by atoms with Gasteiger partial charge in [0.2, 0.25) is 0 Å². The first kappa shape index (κ1) is 15.2. The van der Waals surface area contributed by atoms with Gasteiger partial charge in [0.15, 0.2) is 0 Å². The van der Waals surface area contributed by atoms with Gasteiger partial charge in [0, 0.05) is 12.5 Å². The number of nitrogens with zero attached hydrogens (tertiary/aromatic N) is 2. The van der Waals surface area contributed by atoms with Gasteiger partial charge in [0.05, 0.1) is 37.7 Å². The molecule has 1 saturated carbocycles. The van der Waals surface area contributed by atoms with Gasteiger partial charge in [0.1, 0.15) is 11.8 Å². The second kappa shape index (κ2) is 6.62. The summed E-state index contributed by atoms with van der Waals surface area (Å²) in [6, 6.07) is 0.118. The zero-order valence-corrected chi connectivity index (χ0v) is 12.9. The molecule has 0 spiro atoms. The van der Waals surface area contributed by atoms with E-state index in [1.807, 2.05) is 4.90 Å². The molecule has 1 aromatic rings. The Hall–Kier alpha value is -1.66. The van der Waals surface area contributed by atoms with E-state index in [4.69, 9.17) is 14.0 Å². The molecule has 3 rings (SSSR count). The molecule has 1 aromatic heterocycles. The van der Waals surface area contributed by atoms with E-state index < -0.39 is 0 Å². The fourth-order valence-corrected chi connectivity index (χ4v) is 3.45. The molecule has 0 aromatic carbocycles. The van der Waals surface area contributed by atoms with Crippen LogP contribution in [0.1, 0.15) is 28.9 Å². The number of fused-ring (bicyclic) bond motifs is 1. The number of carbonyl (C=O) groups excluding carboxylic acids is 1. The quantitative estimate of drug-likeness (QED) is 0.613. The van der Waals surface area contributed by atoms with E-state index in [0.717, 1.165) is 12.8 Å². The molecule has 22 heavy (non-hydrogen) atoms. The van der Waals surface area contributed by atoms with E-state index >= 15 is 0 Å². The molecule has 0 bridgehead atoms. The maximum absolute atomic E-state index is 12.7. The molecular formula is C16H22N2O4. The van der Waals surface area contributed by atoms with Crippen LogP contribution in [0.15, 0.2) is 23.4 Å². The van der Waals surface area contributed by atoms with Gasteiger partial charge in [-0.25, -0.2) is 0 Å². The Kier molecular flexibility index (Phi) is 4.59. The second-order valence-corrected chi connectivity index (χ2v) is 5.88. The molecule has 6 nitrogen and oxygen atoms in total. The van der Waals surface area contributed by atoms with Crippen molar-refractivity contribution in [2.24, 2.45) is 5.92 Å². The highest BCUT2D eigenvalue weighted by molar-refractivity contribution is 5.95. The smallest absolute Gasteiger partial charge is 0.259 e. The maximum atomic E-state index is 12.7. The van der Waals surface area contributed by atoms with Crippen molar-refractivity contribution in [1.29, 1.82) is 0 Å². The molecule has 6 heteroatoms. The zero-order chi connectivity index (χ0) is 15.5. The summed E-state index contributed by atoms with van der Waals surface area (Å²) in [6.45, 7) is 7.83. The molecular weight excluding hydrogens is 284 g/mol. The summed E-state index contributed by atoms with van der Waals surface area (Å²) in [5.41, 5.74) is 1.18. The number of hydrogen-bond acceptors (Lipinski definition) is 5. The summed E-state index contributed by atoms with van der Waals surface area (Å²) in [5, 5.41) is 3.80. The molecule has 1 saturated heterocycles. The molecule has 3 atom stereocenters. The Balaban J connectivity index is 1.69. The van der Waals surface area contributed by atoms with Gasteiger partial charge in [-0.3, -0.25) is 4.79 Å². The molecule has 1 amide bonds. The minimum atomic E-state index is -0.00953. The first-order valence-electron chi connectivity index (χ1n) is 7.74. The minimum absolute atomic E-state index is 0.00953. The van der Waals surface area contributed by atoms with Crippen molar-refractivity contribution < 1.29 is 18.8 Å². The number of aromatic nitrogens is 1. The van der Waals surface area contributed by atoms with Crippen LogP contribution in [0, 0.1) is 12.8 Å². The van der Waals surface area contributed by atoms with Gasteiger partial charge in [-0.05, 0) is 19.8 Å². The van der Waals surface area contributed by atoms with Crippen LogP contribution in [-0.4, -0.2) is 54.5 Å². The molecule has 3 unspecified atom stereocenters. The molecule has 1 aliphatic carbocycles. The maximum Gasteiger partial charge on any atom is 0.259 e. The number of rotatable bonds is 5. The Bertz CT molecular complexity index is 542. The average Bonchev–Trinajstić information content (AvgIpc) is 3.13. The van der Waals surface area contributed by atoms with Crippen molar-refractivity contribution in [3.63, 3.8) is 0 Å². The van der Waals surface area contributed by atoms with Crippen LogP contribution in [0.3, 0.4) is 0 Å². The monoisotopic (exact) mass is 306 g/mol. The highest BCUT2D eigenvalue weighted by atomic mass is 16.5. The summed E-state index contributed by atoms with van der Waals surface area (Å²) in [5.74, 6) is 0.328. The van der Waals surface area contributed by atoms with Crippen LogP contribution in [-0.2, 0) is 9.47 Å². The molecule has 2 aliphatic rings. The lowest BCUT2D eigenvalue weighted by molar-refractivity contribution is -0.0738. The van der Waals surface area contributed by atoms with Crippen LogP contribution in [0.4, 0.5) is 0 Å². The fraction of sp³-hybridized carbons (Fsp3) is 0.625. The van der Waals surface area contributed by atoms with Gasteiger partial charge in [-0.1, -0.05) is 11.2 Å². The SMILES string of the molecule is C=CCOCC1CCC2C1OCCN2C(=O)c1conc1C. The molecule has 1 aliphatic heterocycles. The van der Waals surface area contributed by atoms with Gasteiger partial charge >= 0.3 is 0 Å². The topological polar surface area (TPSA) is 64.8 Å². The second-order valence-electron chi connectivity index (χ2n) is 5.88. The van der Waals surface area contributed by atoms with Crippen LogP contribution < -0.4 is 0 Å². The van der Waals surface area contributed by atoms with Crippen molar-refractivity contribution >= 4 is 5.91 Å². The van der Waals surface area contributed by atoms with Crippen molar-refractivity contribution in [2.45, 2.75) is 31.9 Å². The van der Waals surface area contributed by atoms with E-state index in [1.165, 1.54) is 6.26 Å². The van der Waals surface area contributed by atoms with Crippen LogP contribution in [0.2, 0.25) is 0 Å². The lowest BCUT2D eigenvalue weighted by Gasteiger charge is -2.39. The van der Waals surface area contributed by atoms with Gasteiger partial charge in [-0.15, -0.1) is 6.58 Å². The van der Waals surface area contributed by atoms with Gasteiger partial charge in [-0.2, -0.15) is 0 Å². The Morgan fingerprint density at radius 2 is 2.45 bits per heavy atom. The van der Waals surface area contributed by atoms with Crippen molar-refractivity contribution in [3.8, 4) is 0 Å². The largest absolute Gasteiger partial charge is 0.377 e. The van der Waals surface area contributed by atoms with Gasteiger partial charge in [0.25, 0.3) is 5.91 Å². The van der Waals surface area contributed by atoms with E-state index in [1.54, 1.807) is 13.0 Å². The summed E-state index contributed by atoms with van der Waals surface area (Å²) >= 11 is 0. The Labute approximate surface area is 130 Å². The number of ether oxygens (including phenoxy) is 2. The minimum Gasteiger partial charge on any atom is -0.377 e. The standard InChI is InChI=1S/C16H22N2O4/c1-3-7-20-9-12-4-5-14-15(12)21-8-6-18(14)16(19)13-10-22-17-11(13)2/h3,10,12,14-15H,1,4-9H2,2H3. The summed E-state index contributed by atoms with van der Waals surface area (Å²) in [7, 11) is 0. The normalized spacial score (nSPS) is 27.7. The van der Waals surface area contributed by atoms with E-state index in [-0.39, 0.29) is 18.1 Å². The van der Waals surface area contributed by atoms with Crippen LogP contribution >= 0.6 is 0 Å². The third kappa shape index (κ3) is 2.80. The number of carbonyl (C=O) groups is 1. The lowest BCUT2D eigenvalue weighted by atomic mass is 10.0. The van der Waals surface area contributed by atoms with Crippen LogP contribution in [0.25, 0.3) is 0 Å². The summed E-state index contributed by atoms with van der Waals surface area (Å²) in [6.07, 6.45) is 5.20. The average molecular weight is 306 g/mol. The molecule has 2 heterocycles. The first-order valence-corrected chi connectivity index (χ1v) is 7.74.